The monoisotopic (exact) mass is 317 g/mol. The Morgan fingerprint density at radius 3 is 2.68 bits per heavy atom. The average molecular weight is 317 g/mol. The molecular weight excluding hydrogens is 294 g/mol. The van der Waals surface area contributed by atoms with Crippen LogP contribution in [0.2, 0.25) is 0 Å². The maximum absolute atomic E-state index is 11.9. The first-order valence-electron chi connectivity index (χ1n) is 7.84. The largest absolute Gasteiger partial charge is 0.469 e. The van der Waals surface area contributed by atoms with Crippen molar-refractivity contribution >= 4 is 27.5 Å². The fourth-order valence-electron chi connectivity index (χ4n) is 3.54. The van der Waals surface area contributed by atoms with Gasteiger partial charge in [-0.25, -0.2) is 4.98 Å². The molecule has 118 valence electrons. The van der Waals surface area contributed by atoms with Crippen LogP contribution in [0, 0.1) is 6.92 Å². The Morgan fingerprint density at radius 2 is 2.05 bits per heavy atom. The van der Waals surface area contributed by atoms with Crippen LogP contribution in [-0.2, 0) is 34.2 Å². The summed E-state index contributed by atoms with van der Waals surface area (Å²) in [4.78, 5) is 19.3. The molecule has 0 fully saturated rings. The van der Waals surface area contributed by atoms with Crippen LogP contribution < -0.4 is 0 Å². The second kappa shape index (κ2) is 5.34. The second-order valence-electron chi connectivity index (χ2n) is 7.09. The number of esters is 1. The van der Waals surface area contributed by atoms with Crippen LogP contribution in [0.5, 0.6) is 0 Å². The number of hydrogen-bond donors (Lipinski definition) is 0. The number of rotatable bonds is 2. The van der Waals surface area contributed by atoms with Crippen molar-refractivity contribution in [3.8, 4) is 0 Å². The summed E-state index contributed by atoms with van der Waals surface area (Å²) in [6.45, 7) is 8.68. The number of thiophene rings is 1. The van der Waals surface area contributed by atoms with Crippen LogP contribution in [0.4, 0.5) is 0 Å². The highest BCUT2D eigenvalue weighted by atomic mass is 32.1. The molecule has 4 heteroatoms. The molecule has 0 spiro atoms. The number of carbonyl (C=O) groups excluding carboxylic acids is 1. The van der Waals surface area contributed by atoms with E-state index in [1.807, 2.05) is 18.3 Å². The molecule has 0 aliphatic heterocycles. The van der Waals surface area contributed by atoms with Crippen molar-refractivity contribution in [3.63, 3.8) is 0 Å². The van der Waals surface area contributed by atoms with Gasteiger partial charge in [0.25, 0.3) is 0 Å². The number of methoxy groups -OCH3 is 1. The van der Waals surface area contributed by atoms with Crippen LogP contribution in [0.15, 0.2) is 0 Å². The first kappa shape index (κ1) is 15.5. The van der Waals surface area contributed by atoms with Gasteiger partial charge in [-0.15, -0.1) is 11.3 Å². The summed E-state index contributed by atoms with van der Waals surface area (Å²) in [6.07, 6.45) is 3.86. The molecule has 0 amide bonds. The molecule has 0 atom stereocenters. The highest BCUT2D eigenvalue weighted by Crippen LogP contribution is 2.43. The molecule has 2 aromatic heterocycles. The fourth-order valence-corrected chi connectivity index (χ4v) is 4.86. The Bertz CT molecular complexity index is 753. The zero-order valence-corrected chi connectivity index (χ0v) is 14.8. The van der Waals surface area contributed by atoms with E-state index in [0.717, 1.165) is 22.5 Å². The quantitative estimate of drug-likeness (QED) is 0.783. The van der Waals surface area contributed by atoms with E-state index in [4.69, 9.17) is 9.72 Å². The van der Waals surface area contributed by atoms with E-state index in [9.17, 15) is 4.79 Å². The minimum Gasteiger partial charge on any atom is -0.469 e. The van der Waals surface area contributed by atoms with E-state index in [1.165, 1.54) is 41.3 Å². The SMILES string of the molecule is COC(=O)Cc1c(C)nc2sc3c(c2c1C(C)(C)C)CCC3. The molecule has 22 heavy (non-hydrogen) atoms. The Labute approximate surface area is 135 Å². The first-order chi connectivity index (χ1) is 10.3. The molecule has 3 nitrogen and oxygen atoms in total. The predicted octanol–water partition coefficient (Wildman–Crippen LogP) is 4.11. The third-order valence-corrected chi connectivity index (χ3v) is 5.64. The van der Waals surface area contributed by atoms with Crippen LogP contribution in [-0.4, -0.2) is 18.1 Å². The van der Waals surface area contributed by atoms with E-state index in [-0.39, 0.29) is 11.4 Å². The fraction of sp³-hybridized carbons (Fsp3) is 0.556. The van der Waals surface area contributed by atoms with E-state index in [2.05, 4.69) is 20.8 Å². The van der Waals surface area contributed by atoms with Gasteiger partial charge in [-0.3, -0.25) is 4.79 Å². The summed E-state index contributed by atoms with van der Waals surface area (Å²) in [6, 6.07) is 0. The van der Waals surface area contributed by atoms with Crippen LogP contribution >= 0.6 is 11.3 Å². The lowest BCUT2D eigenvalue weighted by molar-refractivity contribution is -0.139. The van der Waals surface area contributed by atoms with Gasteiger partial charge in [-0.2, -0.15) is 0 Å². The van der Waals surface area contributed by atoms with Crippen LogP contribution in [0.25, 0.3) is 10.2 Å². The Morgan fingerprint density at radius 1 is 1.32 bits per heavy atom. The van der Waals surface area contributed by atoms with Crippen molar-refractivity contribution in [1.82, 2.24) is 4.98 Å². The molecule has 0 saturated carbocycles. The van der Waals surface area contributed by atoms with Crippen molar-refractivity contribution in [2.75, 3.05) is 7.11 Å². The summed E-state index contributed by atoms with van der Waals surface area (Å²) in [7, 11) is 1.45. The smallest absolute Gasteiger partial charge is 0.310 e. The van der Waals surface area contributed by atoms with Gasteiger partial charge in [-0.1, -0.05) is 20.8 Å². The highest BCUT2D eigenvalue weighted by Gasteiger charge is 2.29. The lowest BCUT2D eigenvalue weighted by atomic mass is 9.80. The van der Waals surface area contributed by atoms with Gasteiger partial charge in [0, 0.05) is 16.0 Å². The molecular formula is C18H23NO2S. The number of aromatic nitrogens is 1. The average Bonchev–Trinajstić information content (AvgIpc) is 2.98. The number of nitrogens with zero attached hydrogens (tertiary/aromatic N) is 1. The van der Waals surface area contributed by atoms with Crippen molar-refractivity contribution in [2.24, 2.45) is 0 Å². The van der Waals surface area contributed by atoms with E-state index in [1.54, 1.807) is 0 Å². The number of hydrogen-bond acceptors (Lipinski definition) is 4. The molecule has 2 heterocycles. The Balaban J connectivity index is 2.34. The van der Waals surface area contributed by atoms with Crippen LogP contribution in [0.3, 0.4) is 0 Å². The number of aryl methyl sites for hydroxylation is 3. The summed E-state index contributed by atoms with van der Waals surface area (Å²) in [5.41, 5.74) is 4.76. The Hall–Kier alpha value is -1.42. The van der Waals surface area contributed by atoms with Gasteiger partial charge < -0.3 is 4.74 Å². The third kappa shape index (κ3) is 2.43. The minimum absolute atomic E-state index is 0.0211. The summed E-state index contributed by atoms with van der Waals surface area (Å²) >= 11 is 1.84. The van der Waals surface area contributed by atoms with E-state index >= 15 is 0 Å². The standard InChI is InChI=1S/C18H23NO2S/c1-10-12(9-14(20)21-5)16(18(2,3)4)15-11-7-6-8-13(11)22-17(15)19-10/h6-9H2,1-5H3. The van der Waals surface area contributed by atoms with Gasteiger partial charge in [0.1, 0.15) is 4.83 Å². The molecule has 0 aromatic carbocycles. The maximum atomic E-state index is 11.9. The van der Waals surface area contributed by atoms with Gasteiger partial charge in [-0.05, 0) is 48.3 Å². The number of pyridine rings is 1. The minimum atomic E-state index is -0.193. The van der Waals surface area contributed by atoms with Crippen molar-refractivity contribution in [1.29, 1.82) is 0 Å². The molecule has 0 unspecified atom stereocenters. The molecule has 0 bridgehead atoms. The number of carbonyl (C=O) groups is 1. The summed E-state index contributed by atoms with van der Waals surface area (Å²) < 4.78 is 4.90. The van der Waals surface area contributed by atoms with Crippen molar-refractivity contribution < 1.29 is 9.53 Å². The third-order valence-electron chi connectivity index (χ3n) is 4.46. The maximum Gasteiger partial charge on any atom is 0.310 e. The zero-order valence-electron chi connectivity index (χ0n) is 14.0. The van der Waals surface area contributed by atoms with Gasteiger partial charge in [0.15, 0.2) is 0 Å². The van der Waals surface area contributed by atoms with Crippen molar-refractivity contribution in [2.45, 2.75) is 58.8 Å². The predicted molar refractivity (Wildman–Crippen MR) is 90.8 cm³/mol. The van der Waals surface area contributed by atoms with Crippen molar-refractivity contribution in [3.05, 3.63) is 27.3 Å². The second-order valence-corrected chi connectivity index (χ2v) is 8.17. The number of ether oxygens (including phenoxy) is 1. The first-order valence-corrected chi connectivity index (χ1v) is 8.65. The molecule has 1 aliphatic carbocycles. The topological polar surface area (TPSA) is 39.2 Å². The number of fused-ring (bicyclic) bond motifs is 3. The molecule has 1 aliphatic rings. The van der Waals surface area contributed by atoms with Gasteiger partial charge >= 0.3 is 5.97 Å². The zero-order chi connectivity index (χ0) is 16.1. The molecule has 0 radical (unpaired) electrons. The highest BCUT2D eigenvalue weighted by molar-refractivity contribution is 7.18. The van der Waals surface area contributed by atoms with Gasteiger partial charge in [0.05, 0.1) is 13.5 Å². The molecule has 3 rings (SSSR count). The summed E-state index contributed by atoms with van der Waals surface area (Å²) in [5.74, 6) is -0.193. The Kier molecular flexibility index (Phi) is 3.76. The lowest BCUT2D eigenvalue weighted by Crippen LogP contribution is -2.19. The molecule has 0 N–H and O–H groups in total. The molecule has 0 saturated heterocycles. The normalized spacial score (nSPS) is 14.4. The van der Waals surface area contributed by atoms with E-state index < -0.39 is 0 Å². The van der Waals surface area contributed by atoms with Crippen LogP contribution in [0.1, 0.15) is 54.5 Å². The van der Waals surface area contributed by atoms with E-state index in [0.29, 0.717) is 6.42 Å². The van der Waals surface area contributed by atoms with Gasteiger partial charge in [0.2, 0.25) is 0 Å². The lowest BCUT2D eigenvalue weighted by Gasteiger charge is -2.25. The summed E-state index contributed by atoms with van der Waals surface area (Å²) in [5, 5.41) is 1.31. The molecule has 2 aromatic rings.